The predicted octanol–water partition coefficient (Wildman–Crippen LogP) is 1.18. The largest absolute Gasteiger partial charge is 0.203 e. The van der Waals surface area contributed by atoms with Gasteiger partial charge in [0.05, 0.1) is 11.4 Å². The van der Waals surface area contributed by atoms with Crippen molar-refractivity contribution in [3.63, 3.8) is 0 Å². The van der Waals surface area contributed by atoms with Crippen molar-refractivity contribution in [2.75, 3.05) is 0 Å². The van der Waals surface area contributed by atoms with Crippen LogP contribution >= 0.6 is 0 Å². The highest BCUT2D eigenvalue weighted by Crippen LogP contribution is 2.11. The van der Waals surface area contributed by atoms with Gasteiger partial charge in [-0.25, -0.2) is 4.39 Å². The van der Waals surface area contributed by atoms with Gasteiger partial charge in [-0.05, 0) is 13.8 Å². The highest BCUT2D eigenvalue weighted by molar-refractivity contribution is 5.97. The molecule has 0 aromatic carbocycles. The Morgan fingerprint density at radius 2 is 2.00 bits per heavy atom. The second-order valence-electron chi connectivity index (χ2n) is 1.68. The van der Waals surface area contributed by atoms with E-state index in [0.717, 1.165) is 0 Å². The normalized spacial score (nSPS) is 18.6. The molecular formula is C5H6FN2. The summed E-state index contributed by atoms with van der Waals surface area (Å²) in [6.45, 7) is 3.19. The number of hydrogen-bond acceptors (Lipinski definition) is 1. The van der Waals surface area contributed by atoms with Crippen LogP contribution in [0, 0.1) is 0 Å². The van der Waals surface area contributed by atoms with Gasteiger partial charge in [-0.3, -0.25) is 0 Å². The number of rotatable bonds is 0. The van der Waals surface area contributed by atoms with Gasteiger partial charge < -0.3 is 0 Å². The minimum atomic E-state index is -0.287. The Morgan fingerprint density at radius 3 is 2.12 bits per heavy atom. The Hall–Kier alpha value is -0.860. The van der Waals surface area contributed by atoms with E-state index in [-0.39, 0.29) is 5.83 Å². The first-order valence-corrected chi connectivity index (χ1v) is 2.34. The van der Waals surface area contributed by atoms with E-state index in [0.29, 0.717) is 11.4 Å². The molecule has 0 saturated heterocycles. The molecule has 0 unspecified atom stereocenters. The Labute approximate surface area is 47.1 Å². The monoisotopic (exact) mass is 113 g/mol. The van der Waals surface area contributed by atoms with Gasteiger partial charge in [-0.2, -0.15) is 10.5 Å². The summed E-state index contributed by atoms with van der Waals surface area (Å²) in [7, 11) is 0. The van der Waals surface area contributed by atoms with Gasteiger partial charge in [-0.1, -0.05) is 0 Å². The van der Waals surface area contributed by atoms with Gasteiger partial charge in [-0.15, -0.1) is 0 Å². The van der Waals surface area contributed by atoms with Crippen LogP contribution in [0.4, 0.5) is 4.39 Å². The molecule has 1 rings (SSSR count). The van der Waals surface area contributed by atoms with E-state index >= 15 is 0 Å². The van der Waals surface area contributed by atoms with Crippen molar-refractivity contribution in [3.8, 4) is 0 Å². The Bertz CT molecular complexity index is 164. The maximum Gasteiger partial charge on any atom is 0.169 e. The summed E-state index contributed by atoms with van der Waals surface area (Å²) in [5.41, 5.74) is 4.25. The fraction of sp³-hybridized carbons (Fsp3) is 0.400. The molecule has 1 aliphatic heterocycles. The fourth-order valence-electron chi connectivity index (χ4n) is 0.500. The summed E-state index contributed by atoms with van der Waals surface area (Å²) in [5, 5.41) is 3.49. The van der Waals surface area contributed by atoms with Gasteiger partial charge in [0.15, 0.2) is 5.83 Å². The van der Waals surface area contributed by atoms with Crippen molar-refractivity contribution in [2.45, 2.75) is 13.8 Å². The molecule has 0 aliphatic carbocycles. The number of halogens is 1. The summed E-state index contributed by atoms with van der Waals surface area (Å²) < 4.78 is 12.4. The first-order chi connectivity index (χ1) is 3.72. The van der Waals surface area contributed by atoms with Crippen molar-refractivity contribution in [3.05, 3.63) is 11.5 Å². The molecule has 0 N–H and O–H groups in total. The zero-order valence-electron chi connectivity index (χ0n) is 4.77. The van der Waals surface area contributed by atoms with Crippen LogP contribution in [-0.2, 0) is 0 Å². The van der Waals surface area contributed by atoms with Crippen LogP contribution in [0.15, 0.2) is 16.6 Å². The lowest BCUT2D eigenvalue weighted by Crippen LogP contribution is -1.85. The van der Waals surface area contributed by atoms with Gasteiger partial charge in [0.2, 0.25) is 0 Å². The molecule has 1 heterocycles. The molecule has 0 spiro atoms. The van der Waals surface area contributed by atoms with Crippen molar-refractivity contribution in [1.82, 2.24) is 5.43 Å². The van der Waals surface area contributed by atoms with Crippen LogP contribution < -0.4 is 5.43 Å². The zero-order valence-corrected chi connectivity index (χ0v) is 4.77. The first kappa shape index (κ1) is 5.28. The molecule has 2 nitrogen and oxygen atoms in total. The van der Waals surface area contributed by atoms with E-state index < -0.39 is 0 Å². The molecule has 0 saturated carbocycles. The third-order valence-corrected chi connectivity index (χ3v) is 0.985. The fourth-order valence-corrected chi connectivity index (χ4v) is 0.500. The molecule has 3 heteroatoms. The molecule has 0 bridgehead atoms. The van der Waals surface area contributed by atoms with E-state index in [9.17, 15) is 4.39 Å². The zero-order chi connectivity index (χ0) is 6.15. The van der Waals surface area contributed by atoms with E-state index in [4.69, 9.17) is 0 Å². The van der Waals surface area contributed by atoms with Crippen molar-refractivity contribution < 1.29 is 4.39 Å². The minimum Gasteiger partial charge on any atom is -0.203 e. The number of hydrogen-bond donors (Lipinski definition) is 0. The third kappa shape index (κ3) is 0.598. The lowest BCUT2D eigenvalue weighted by molar-refractivity contribution is 0.665. The van der Waals surface area contributed by atoms with E-state index in [2.05, 4.69) is 10.5 Å². The van der Waals surface area contributed by atoms with Crippen LogP contribution in [0.25, 0.3) is 0 Å². The van der Waals surface area contributed by atoms with Crippen LogP contribution in [0.2, 0.25) is 0 Å². The summed E-state index contributed by atoms with van der Waals surface area (Å²) in [4.78, 5) is 0. The molecule has 0 aromatic heterocycles. The Balaban J connectivity index is 2.88. The molecule has 0 atom stereocenters. The second kappa shape index (κ2) is 1.58. The van der Waals surface area contributed by atoms with E-state index in [1.807, 2.05) is 0 Å². The van der Waals surface area contributed by atoms with Crippen LogP contribution in [-0.4, -0.2) is 5.71 Å². The number of allylic oxidation sites excluding steroid dienone is 2. The molecule has 1 radical (unpaired) electrons. The Kier molecular flexibility index (Phi) is 1.04. The SMILES string of the molecule is CC1=N[N]C(C)=C1F. The molecule has 1 aliphatic rings. The van der Waals surface area contributed by atoms with Crippen molar-refractivity contribution in [1.29, 1.82) is 0 Å². The van der Waals surface area contributed by atoms with Crippen molar-refractivity contribution in [2.24, 2.45) is 5.10 Å². The van der Waals surface area contributed by atoms with Crippen LogP contribution in [0.3, 0.4) is 0 Å². The van der Waals surface area contributed by atoms with Gasteiger partial charge >= 0.3 is 0 Å². The average Bonchev–Trinajstić information content (AvgIpc) is 1.98. The minimum absolute atomic E-state index is 0.287. The molecule has 0 amide bonds. The average molecular weight is 113 g/mol. The van der Waals surface area contributed by atoms with Gasteiger partial charge in [0, 0.05) is 0 Å². The smallest absolute Gasteiger partial charge is 0.169 e. The summed E-state index contributed by atoms with van der Waals surface area (Å²) in [6, 6.07) is 0. The maximum absolute atomic E-state index is 12.4. The lowest BCUT2D eigenvalue weighted by atomic mass is 10.3. The number of nitrogens with zero attached hydrogens (tertiary/aromatic N) is 2. The Morgan fingerprint density at radius 1 is 1.38 bits per heavy atom. The summed E-state index contributed by atoms with van der Waals surface area (Å²) in [5.74, 6) is -0.287. The highest BCUT2D eigenvalue weighted by atomic mass is 19.1. The van der Waals surface area contributed by atoms with Crippen LogP contribution in [0.1, 0.15) is 13.8 Å². The topological polar surface area (TPSA) is 26.5 Å². The molecular weight excluding hydrogens is 107 g/mol. The lowest BCUT2D eigenvalue weighted by Gasteiger charge is -1.83. The van der Waals surface area contributed by atoms with Crippen LogP contribution in [0.5, 0.6) is 0 Å². The first-order valence-electron chi connectivity index (χ1n) is 2.34. The van der Waals surface area contributed by atoms with Gasteiger partial charge in [0.25, 0.3) is 0 Å². The van der Waals surface area contributed by atoms with Crippen molar-refractivity contribution >= 4 is 5.71 Å². The molecule has 0 aromatic rings. The molecule has 0 fully saturated rings. The van der Waals surface area contributed by atoms with Gasteiger partial charge in [0.1, 0.15) is 0 Å². The summed E-state index contributed by atoms with van der Waals surface area (Å²) >= 11 is 0. The standard InChI is InChI=1S/C5H6FN2/c1-3-5(6)4(2)8-7-3/h1-2H3. The molecule has 8 heavy (non-hydrogen) atoms. The highest BCUT2D eigenvalue weighted by Gasteiger charge is 2.12. The predicted molar refractivity (Wildman–Crippen MR) is 29.1 cm³/mol. The maximum atomic E-state index is 12.4. The van der Waals surface area contributed by atoms with E-state index in [1.165, 1.54) is 0 Å². The summed E-state index contributed by atoms with van der Waals surface area (Å²) in [6.07, 6.45) is 0. The second-order valence-corrected chi connectivity index (χ2v) is 1.68. The molecule has 43 valence electrons. The quantitative estimate of drug-likeness (QED) is 0.451. The van der Waals surface area contributed by atoms with E-state index in [1.54, 1.807) is 13.8 Å². The third-order valence-electron chi connectivity index (χ3n) is 0.985.